The van der Waals surface area contributed by atoms with Crippen LogP contribution in [0.5, 0.6) is 0 Å². The summed E-state index contributed by atoms with van der Waals surface area (Å²) in [5.74, 6) is -4.29. The van der Waals surface area contributed by atoms with Gasteiger partial charge in [0.1, 0.15) is 0 Å². The standard InChI is InChI=1S/2C22H27Cl2NO6.H2O/c2*1-6-31-21(27)18-15(10-30-11-22(3,4)28)25-12(2)16(20(26)29-5)17(18)13-8-7-9-14(23)19(13)24;/h2*7-9,17,25,28H,6,10-11H2,1-5H3;1H2. The summed E-state index contributed by atoms with van der Waals surface area (Å²) in [6, 6.07) is 9.98. The molecule has 0 aromatic heterocycles. The molecule has 0 saturated heterocycles. The van der Waals surface area contributed by atoms with Gasteiger partial charge in [-0.05, 0) is 78.6 Å². The number of aliphatic hydroxyl groups is 2. The van der Waals surface area contributed by atoms with Crippen LogP contribution >= 0.6 is 46.4 Å². The van der Waals surface area contributed by atoms with Gasteiger partial charge in [-0.3, -0.25) is 0 Å². The third kappa shape index (κ3) is 14.4. The van der Waals surface area contributed by atoms with Crippen molar-refractivity contribution in [3.8, 4) is 0 Å². The van der Waals surface area contributed by atoms with Crippen LogP contribution in [0, 0.1) is 0 Å². The van der Waals surface area contributed by atoms with Gasteiger partial charge < -0.3 is 54.7 Å². The molecule has 19 heteroatoms. The largest absolute Gasteiger partial charge is 0.466 e. The van der Waals surface area contributed by atoms with Crippen molar-refractivity contribution in [3.63, 3.8) is 0 Å². The molecule has 6 N–H and O–H groups in total. The number of methoxy groups -OCH3 is 2. The fraction of sp³-hybridized carbons (Fsp3) is 0.455. The number of carbonyl (C=O) groups is 4. The maximum Gasteiger partial charge on any atom is 0.336 e. The average molecular weight is 963 g/mol. The van der Waals surface area contributed by atoms with Crippen LogP contribution in [0.4, 0.5) is 0 Å². The average Bonchev–Trinajstić information content (AvgIpc) is 3.18. The summed E-state index contributed by atoms with van der Waals surface area (Å²) in [6.45, 7) is 13.4. The van der Waals surface area contributed by atoms with Crippen LogP contribution in [0.15, 0.2) is 81.5 Å². The lowest BCUT2D eigenvalue weighted by Gasteiger charge is -2.32. The topological polar surface area (TPSA) is 220 Å². The number of nitrogens with one attached hydrogen (secondary N) is 2. The smallest absolute Gasteiger partial charge is 0.336 e. The highest BCUT2D eigenvalue weighted by Gasteiger charge is 2.42. The summed E-state index contributed by atoms with van der Waals surface area (Å²) in [5, 5.41) is 27.0. The highest BCUT2D eigenvalue weighted by Crippen LogP contribution is 2.45. The summed E-state index contributed by atoms with van der Waals surface area (Å²) < 4.78 is 31.8. The highest BCUT2D eigenvalue weighted by molar-refractivity contribution is 6.43. The van der Waals surface area contributed by atoms with Crippen molar-refractivity contribution in [2.45, 2.75) is 78.4 Å². The van der Waals surface area contributed by atoms with Gasteiger partial charge in [0, 0.05) is 11.4 Å². The Morgan fingerprint density at radius 3 is 1.22 bits per heavy atom. The third-order valence-corrected chi connectivity index (χ3v) is 10.7. The fourth-order valence-corrected chi connectivity index (χ4v) is 7.43. The predicted octanol–water partition coefficient (Wildman–Crippen LogP) is 6.64. The van der Waals surface area contributed by atoms with Crippen LogP contribution in [-0.2, 0) is 47.6 Å². The van der Waals surface area contributed by atoms with Crippen molar-refractivity contribution >= 4 is 70.3 Å². The van der Waals surface area contributed by atoms with E-state index in [-0.39, 0.29) is 87.5 Å². The maximum atomic E-state index is 13.0. The zero-order chi connectivity index (χ0) is 46.7. The van der Waals surface area contributed by atoms with Crippen molar-refractivity contribution < 1.29 is 63.3 Å². The van der Waals surface area contributed by atoms with Gasteiger partial charge in [0.15, 0.2) is 0 Å². The van der Waals surface area contributed by atoms with E-state index in [1.165, 1.54) is 14.2 Å². The molecule has 348 valence electrons. The number of benzene rings is 2. The fourth-order valence-electron chi connectivity index (χ4n) is 6.60. The number of rotatable bonds is 16. The van der Waals surface area contributed by atoms with E-state index in [0.717, 1.165) is 0 Å². The lowest BCUT2D eigenvalue weighted by atomic mass is 9.80. The van der Waals surface area contributed by atoms with E-state index in [9.17, 15) is 29.4 Å². The molecule has 63 heavy (non-hydrogen) atoms. The molecule has 2 atom stereocenters. The van der Waals surface area contributed by atoms with Crippen molar-refractivity contribution in [2.24, 2.45) is 0 Å². The Morgan fingerprint density at radius 1 is 0.603 bits per heavy atom. The molecule has 0 saturated carbocycles. The van der Waals surface area contributed by atoms with E-state index in [1.807, 2.05) is 0 Å². The second-order valence-electron chi connectivity index (χ2n) is 15.3. The molecule has 4 rings (SSSR count). The zero-order valence-corrected chi connectivity index (χ0v) is 39.9. The Labute approximate surface area is 387 Å². The monoisotopic (exact) mass is 960 g/mol. The van der Waals surface area contributed by atoms with Crippen molar-refractivity contribution in [1.29, 1.82) is 0 Å². The molecule has 15 nitrogen and oxygen atoms in total. The number of esters is 4. The molecule has 0 fully saturated rings. The molecule has 0 radical (unpaired) electrons. The van der Waals surface area contributed by atoms with E-state index < -0.39 is 46.9 Å². The van der Waals surface area contributed by atoms with Gasteiger partial charge in [0.2, 0.25) is 0 Å². The van der Waals surface area contributed by atoms with Gasteiger partial charge in [-0.2, -0.15) is 0 Å². The van der Waals surface area contributed by atoms with Crippen LogP contribution < -0.4 is 10.6 Å². The summed E-state index contributed by atoms with van der Waals surface area (Å²) in [7, 11) is 2.52. The van der Waals surface area contributed by atoms with Crippen molar-refractivity contribution in [3.05, 3.63) is 113 Å². The lowest BCUT2D eigenvalue weighted by molar-refractivity contribution is -0.140. The molecule has 0 amide bonds. The number of halogens is 4. The van der Waals surface area contributed by atoms with E-state index >= 15 is 0 Å². The molecule has 0 spiro atoms. The van der Waals surface area contributed by atoms with Crippen LogP contribution in [0.1, 0.15) is 78.4 Å². The van der Waals surface area contributed by atoms with E-state index in [4.69, 9.17) is 74.8 Å². The Balaban J connectivity index is 0.000000427. The highest BCUT2D eigenvalue weighted by atomic mass is 35.5. The lowest BCUT2D eigenvalue weighted by Crippen LogP contribution is -2.35. The normalized spacial score (nSPS) is 16.6. The minimum absolute atomic E-state index is 0. The number of allylic oxidation sites excluding steroid dienone is 2. The summed E-state index contributed by atoms with van der Waals surface area (Å²) >= 11 is 25.4. The van der Waals surface area contributed by atoms with Gasteiger partial charge in [-0.1, -0.05) is 70.7 Å². The molecular formula is C44H56Cl4N2O13. The van der Waals surface area contributed by atoms with Gasteiger partial charge >= 0.3 is 23.9 Å². The number of dihydropyridines is 2. The quantitative estimate of drug-likeness (QED) is 0.102. The first-order valence-electron chi connectivity index (χ1n) is 19.4. The number of hydrogen-bond acceptors (Lipinski definition) is 14. The van der Waals surface area contributed by atoms with Gasteiger partial charge in [0.05, 0.1) is 131 Å². The minimum Gasteiger partial charge on any atom is -0.466 e. The third-order valence-electron chi connectivity index (χ3n) is 9.08. The van der Waals surface area contributed by atoms with E-state index in [2.05, 4.69) is 10.6 Å². The molecular weight excluding hydrogens is 906 g/mol. The molecule has 2 aromatic carbocycles. The Bertz CT molecular complexity index is 1990. The first-order chi connectivity index (χ1) is 29.0. The number of carbonyl (C=O) groups excluding carboxylic acids is 4. The summed E-state index contributed by atoms with van der Waals surface area (Å²) in [5.41, 5.74) is 1.28. The Kier molecular flexibility index (Phi) is 21.1. The van der Waals surface area contributed by atoms with Gasteiger partial charge in [-0.15, -0.1) is 0 Å². The van der Waals surface area contributed by atoms with Crippen LogP contribution in [0.2, 0.25) is 20.1 Å². The van der Waals surface area contributed by atoms with Crippen molar-refractivity contribution in [2.75, 3.05) is 53.9 Å². The molecule has 2 aromatic rings. The molecule has 0 aliphatic carbocycles. The van der Waals surface area contributed by atoms with E-state index in [1.54, 1.807) is 91.8 Å². The molecule has 0 bridgehead atoms. The van der Waals surface area contributed by atoms with Crippen LogP contribution in [0.3, 0.4) is 0 Å². The molecule has 2 heterocycles. The first-order valence-corrected chi connectivity index (χ1v) is 20.9. The molecule has 2 aliphatic rings. The van der Waals surface area contributed by atoms with Gasteiger partial charge in [-0.25, -0.2) is 19.2 Å². The minimum atomic E-state index is -1.06. The Morgan fingerprint density at radius 2 is 0.937 bits per heavy atom. The number of ether oxygens (including phenoxy) is 6. The Hall–Kier alpha value is -4.16. The molecule has 2 aliphatic heterocycles. The zero-order valence-electron chi connectivity index (χ0n) is 36.9. The SMILES string of the molecule is CCOC(=O)C1=C(COCC(C)(C)O)NC(C)=C(C(=O)OC)C1c1cccc(Cl)c1Cl.CCOC(=O)C1=C(COCC(C)(C)O)NC(C)=C(C(=O)OC)C1c1cccc(Cl)c1Cl.O. The maximum absolute atomic E-state index is 13.0. The molecule has 2 unspecified atom stereocenters. The summed E-state index contributed by atoms with van der Waals surface area (Å²) in [4.78, 5) is 51.5. The van der Waals surface area contributed by atoms with Crippen LogP contribution in [0.25, 0.3) is 0 Å². The van der Waals surface area contributed by atoms with Crippen LogP contribution in [-0.4, -0.2) is 105 Å². The van der Waals surface area contributed by atoms with Gasteiger partial charge in [0.25, 0.3) is 0 Å². The number of hydrogen-bond donors (Lipinski definition) is 4. The second kappa shape index (κ2) is 24.2. The second-order valence-corrected chi connectivity index (χ2v) is 16.9. The first kappa shape index (κ1) is 55.0. The van der Waals surface area contributed by atoms with E-state index in [0.29, 0.717) is 33.9 Å². The predicted molar refractivity (Wildman–Crippen MR) is 239 cm³/mol. The van der Waals surface area contributed by atoms with Crippen molar-refractivity contribution in [1.82, 2.24) is 10.6 Å². The summed E-state index contributed by atoms with van der Waals surface area (Å²) in [6.07, 6.45) is 0.